The summed E-state index contributed by atoms with van der Waals surface area (Å²) >= 11 is 0. The number of rotatable bonds is 6. The molecule has 1 aromatic rings. The Kier molecular flexibility index (Phi) is 4.28. The van der Waals surface area contributed by atoms with E-state index < -0.39 is 10.0 Å². The average Bonchev–Trinajstić information content (AvgIpc) is 2.34. The van der Waals surface area contributed by atoms with Crippen LogP contribution in [0, 0.1) is 0 Å². The molecule has 0 unspecified atom stereocenters. The fraction of sp³-hybridized carbons (Fsp3) is 0.571. The third kappa shape index (κ3) is 3.55. The molecule has 1 aliphatic rings. The molecule has 2 N–H and O–H groups in total. The van der Waals surface area contributed by atoms with Crippen LogP contribution in [0.25, 0.3) is 0 Å². The third-order valence-electron chi connectivity index (χ3n) is 3.63. The Morgan fingerprint density at radius 1 is 1.32 bits per heavy atom. The molecule has 1 saturated carbocycles. The molecule has 0 aliphatic heterocycles. The Morgan fingerprint density at radius 3 is 2.63 bits per heavy atom. The SMILES string of the molecule is CCNCc1cccc(S(=O)(=O)NC2(C)CCC2)c1. The maximum atomic E-state index is 12.3. The van der Waals surface area contributed by atoms with E-state index in [1.165, 1.54) is 0 Å². The van der Waals surface area contributed by atoms with Crippen LogP contribution in [0.5, 0.6) is 0 Å². The van der Waals surface area contributed by atoms with Crippen LogP contribution in [0.2, 0.25) is 0 Å². The van der Waals surface area contributed by atoms with Crippen molar-refractivity contribution >= 4 is 10.0 Å². The molecular weight excluding hydrogens is 260 g/mol. The van der Waals surface area contributed by atoms with Crippen molar-refractivity contribution in [2.24, 2.45) is 0 Å². The van der Waals surface area contributed by atoms with Crippen LogP contribution < -0.4 is 10.0 Å². The summed E-state index contributed by atoms with van der Waals surface area (Å²) in [5.41, 5.74) is 0.736. The van der Waals surface area contributed by atoms with Crippen molar-refractivity contribution in [1.29, 1.82) is 0 Å². The third-order valence-corrected chi connectivity index (χ3v) is 5.26. The van der Waals surface area contributed by atoms with Crippen LogP contribution in [-0.2, 0) is 16.6 Å². The van der Waals surface area contributed by atoms with Gasteiger partial charge >= 0.3 is 0 Å². The molecule has 1 fully saturated rings. The van der Waals surface area contributed by atoms with Crippen molar-refractivity contribution in [3.63, 3.8) is 0 Å². The van der Waals surface area contributed by atoms with Crippen molar-refractivity contribution in [2.75, 3.05) is 6.54 Å². The predicted octanol–water partition coefficient (Wildman–Crippen LogP) is 2.02. The number of nitrogens with one attached hydrogen (secondary N) is 2. The average molecular weight is 282 g/mol. The Morgan fingerprint density at radius 2 is 2.05 bits per heavy atom. The summed E-state index contributed by atoms with van der Waals surface area (Å²) in [7, 11) is -3.40. The molecule has 0 aromatic heterocycles. The molecule has 0 spiro atoms. The lowest BCUT2D eigenvalue weighted by atomic mass is 9.80. The molecule has 0 radical (unpaired) electrons. The summed E-state index contributed by atoms with van der Waals surface area (Å²) in [6.45, 7) is 5.56. The van der Waals surface area contributed by atoms with E-state index in [0.29, 0.717) is 11.4 Å². The molecule has 0 bridgehead atoms. The van der Waals surface area contributed by atoms with E-state index in [1.54, 1.807) is 18.2 Å². The van der Waals surface area contributed by atoms with Gasteiger partial charge < -0.3 is 5.32 Å². The summed E-state index contributed by atoms with van der Waals surface area (Å²) in [5, 5.41) is 3.20. The monoisotopic (exact) mass is 282 g/mol. The molecular formula is C14H22N2O2S. The highest BCUT2D eigenvalue weighted by molar-refractivity contribution is 7.89. The van der Waals surface area contributed by atoms with Gasteiger partial charge in [0.25, 0.3) is 0 Å². The van der Waals surface area contributed by atoms with Gasteiger partial charge in [0, 0.05) is 12.1 Å². The first-order chi connectivity index (χ1) is 8.95. The van der Waals surface area contributed by atoms with Crippen LogP contribution in [0.3, 0.4) is 0 Å². The molecule has 19 heavy (non-hydrogen) atoms. The Labute approximate surface area is 115 Å². The molecule has 1 aliphatic carbocycles. The van der Waals surface area contributed by atoms with Gasteiger partial charge in [-0.25, -0.2) is 13.1 Å². The Balaban J connectivity index is 2.15. The Bertz CT molecular complexity index is 536. The highest BCUT2D eigenvalue weighted by Gasteiger charge is 2.36. The second-order valence-electron chi connectivity index (χ2n) is 5.45. The van der Waals surface area contributed by atoms with E-state index in [4.69, 9.17) is 0 Å². The van der Waals surface area contributed by atoms with E-state index in [0.717, 1.165) is 31.4 Å². The minimum Gasteiger partial charge on any atom is -0.313 e. The molecule has 1 aromatic carbocycles. The van der Waals surface area contributed by atoms with Crippen LogP contribution in [0.1, 0.15) is 38.7 Å². The van der Waals surface area contributed by atoms with Gasteiger partial charge in [0.15, 0.2) is 0 Å². The standard InChI is InChI=1S/C14H22N2O2S/c1-3-15-11-12-6-4-7-13(10-12)19(17,18)16-14(2)8-5-9-14/h4,6-7,10,15-16H,3,5,8-9,11H2,1-2H3. The fourth-order valence-electron chi connectivity index (χ4n) is 2.28. The number of benzene rings is 1. The lowest BCUT2D eigenvalue weighted by Gasteiger charge is -2.38. The maximum absolute atomic E-state index is 12.3. The van der Waals surface area contributed by atoms with E-state index in [2.05, 4.69) is 10.0 Å². The minimum absolute atomic E-state index is 0.253. The van der Waals surface area contributed by atoms with Crippen molar-refractivity contribution < 1.29 is 8.42 Å². The second kappa shape index (κ2) is 5.61. The van der Waals surface area contributed by atoms with Gasteiger partial charge in [-0.3, -0.25) is 0 Å². The zero-order valence-electron chi connectivity index (χ0n) is 11.6. The Hall–Kier alpha value is -0.910. The van der Waals surface area contributed by atoms with E-state index in [9.17, 15) is 8.42 Å². The molecule has 0 heterocycles. The van der Waals surface area contributed by atoms with Crippen LogP contribution in [0.15, 0.2) is 29.2 Å². The lowest BCUT2D eigenvalue weighted by molar-refractivity contribution is 0.248. The van der Waals surface area contributed by atoms with Gasteiger partial charge in [0.05, 0.1) is 4.90 Å². The zero-order chi connectivity index (χ0) is 13.9. The van der Waals surface area contributed by atoms with Gasteiger partial charge in [0.2, 0.25) is 10.0 Å². The van der Waals surface area contributed by atoms with Crippen molar-refractivity contribution in [1.82, 2.24) is 10.0 Å². The van der Waals surface area contributed by atoms with E-state index in [1.807, 2.05) is 19.9 Å². The molecule has 106 valence electrons. The summed E-state index contributed by atoms with van der Waals surface area (Å²) in [6.07, 6.45) is 2.94. The first-order valence-electron chi connectivity index (χ1n) is 6.79. The van der Waals surface area contributed by atoms with Crippen LogP contribution in [0.4, 0.5) is 0 Å². The van der Waals surface area contributed by atoms with Gasteiger partial charge in [-0.1, -0.05) is 19.1 Å². The van der Waals surface area contributed by atoms with Crippen LogP contribution >= 0.6 is 0 Å². The van der Waals surface area contributed by atoms with Gasteiger partial charge in [-0.2, -0.15) is 0 Å². The largest absolute Gasteiger partial charge is 0.313 e. The summed E-state index contributed by atoms with van der Waals surface area (Å²) in [5.74, 6) is 0. The number of sulfonamides is 1. The predicted molar refractivity (Wildman–Crippen MR) is 76.4 cm³/mol. The molecule has 2 rings (SSSR count). The molecule has 4 nitrogen and oxygen atoms in total. The zero-order valence-corrected chi connectivity index (χ0v) is 12.4. The molecule has 5 heteroatoms. The molecule has 0 atom stereocenters. The summed E-state index contributed by atoms with van der Waals surface area (Å²) < 4.78 is 27.5. The van der Waals surface area contributed by atoms with Crippen molar-refractivity contribution in [3.05, 3.63) is 29.8 Å². The minimum atomic E-state index is -3.40. The fourth-order valence-corrected chi connectivity index (χ4v) is 3.82. The first-order valence-corrected chi connectivity index (χ1v) is 8.27. The maximum Gasteiger partial charge on any atom is 0.241 e. The van der Waals surface area contributed by atoms with E-state index >= 15 is 0 Å². The molecule has 0 amide bonds. The van der Waals surface area contributed by atoms with Crippen molar-refractivity contribution in [2.45, 2.75) is 50.1 Å². The second-order valence-corrected chi connectivity index (χ2v) is 7.13. The quantitative estimate of drug-likeness (QED) is 0.839. The van der Waals surface area contributed by atoms with E-state index in [-0.39, 0.29) is 5.54 Å². The van der Waals surface area contributed by atoms with Gasteiger partial charge in [-0.15, -0.1) is 0 Å². The first kappa shape index (κ1) is 14.5. The number of hydrogen-bond acceptors (Lipinski definition) is 3. The lowest BCUT2D eigenvalue weighted by Crippen LogP contribution is -2.50. The summed E-state index contributed by atoms with van der Waals surface area (Å²) in [6, 6.07) is 7.13. The van der Waals surface area contributed by atoms with Gasteiger partial charge in [-0.05, 0) is 50.4 Å². The highest BCUT2D eigenvalue weighted by Crippen LogP contribution is 2.32. The van der Waals surface area contributed by atoms with Crippen LogP contribution in [-0.4, -0.2) is 20.5 Å². The van der Waals surface area contributed by atoms with Crippen molar-refractivity contribution in [3.8, 4) is 0 Å². The van der Waals surface area contributed by atoms with Gasteiger partial charge in [0.1, 0.15) is 0 Å². The highest BCUT2D eigenvalue weighted by atomic mass is 32.2. The smallest absolute Gasteiger partial charge is 0.241 e. The summed E-state index contributed by atoms with van der Waals surface area (Å²) in [4.78, 5) is 0.357. The normalized spacial score (nSPS) is 18.0. The topological polar surface area (TPSA) is 58.2 Å². The number of hydrogen-bond donors (Lipinski definition) is 2. The molecule has 0 saturated heterocycles.